The summed E-state index contributed by atoms with van der Waals surface area (Å²) in [7, 11) is 0. The monoisotopic (exact) mass is 276 g/mol. The first kappa shape index (κ1) is 7.55. The fourth-order valence-corrected chi connectivity index (χ4v) is 2.01. The van der Waals surface area contributed by atoms with Crippen LogP contribution in [0.1, 0.15) is 5.82 Å². The van der Waals surface area contributed by atoms with Gasteiger partial charge in [-0.05, 0) is 31.9 Å². The summed E-state index contributed by atoms with van der Waals surface area (Å²) in [5.41, 5.74) is 0. The molecule has 0 amide bonds. The SMILES string of the molecule is Brc1nc2n(c1Br)CC=CC2. The highest BCUT2D eigenvalue weighted by atomic mass is 79.9. The minimum absolute atomic E-state index is 0.899. The average molecular weight is 278 g/mol. The predicted octanol–water partition coefficient (Wildman–Crippen LogP) is 2.52. The highest BCUT2D eigenvalue weighted by Gasteiger charge is 2.12. The topological polar surface area (TPSA) is 17.8 Å². The lowest BCUT2D eigenvalue weighted by atomic mass is 10.3. The third-order valence-corrected chi connectivity index (χ3v) is 3.59. The Morgan fingerprint density at radius 3 is 2.91 bits per heavy atom. The van der Waals surface area contributed by atoms with E-state index in [9.17, 15) is 0 Å². The Balaban J connectivity index is 2.55. The number of rotatable bonds is 0. The van der Waals surface area contributed by atoms with Crippen LogP contribution in [0.5, 0.6) is 0 Å². The minimum Gasteiger partial charge on any atom is -0.318 e. The lowest BCUT2D eigenvalue weighted by molar-refractivity contribution is 0.723. The van der Waals surface area contributed by atoms with Gasteiger partial charge in [0.1, 0.15) is 15.0 Å². The second kappa shape index (κ2) is 2.75. The van der Waals surface area contributed by atoms with Crippen LogP contribution in [0.2, 0.25) is 0 Å². The zero-order valence-electron chi connectivity index (χ0n) is 5.72. The van der Waals surface area contributed by atoms with Crippen molar-refractivity contribution in [2.75, 3.05) is 0 Å². The van der Waals surface area contributed by atoms with Crippen LogP contribution >= 0.6 is 31.9 Å². The molecule has 0 radical (unpaired) electrons. The van der Waals surface area contributed by atoms with Crippen LogP contribution in [0.15, 0.2) is 21.4 Å². The molecule has 0 atom stereocenters. The fourth-order valence-electron chi connectivity index (χ4n) is 1.15. The Morgan fingerprint density at radius 2 is 2.18 bits per heavy atom. The maximum Gasteiger partial charge on any atom is 0.139 e. The van der Waals surface area contributed by atoms with E-state index in [1.807, 2.05) is 0 Å². The van der Waals surface area contributed by atoms with E-state index in [1.165, 1.54) is 0 Å². The number of halogens is 2. The van der Waals surface area contributed by atoms with Crippen molar-refractivity contribution in [1.82, 2.24) is 9.55 Å². The molecule has 0 saturated heterocycles. The average Bonchev–Trinajstić information content (AvgIpc) is 2.30. The quantitative estimate of drug-likeness (QED) is 0.667. The van der Waals surface area contributed by atoms with Crippen LogP contribution < -0.4 is 0 Å². The third-order valence-electron chi connectivity index (χ3n) is 1.70. The van der Waals surface area contributed by atoms with Crippen molar-refractivity contribution in [3.05, 3.63) is 27.2 Å². The van der Waals surface area contributed by atoms with Crippen molar-refractivity contribution in [1.29, 1.82) is 0 Å². The normalized spacial score (nSPS) is 15.1. The van der Waals surface area contributed by atoms with Crippen LogP contribution in [0, 0.1) is 0 Å². The van der Waals surface area contributed by atoms with Gasteiger partial charge in [0, 0.05) is 13.0 Å². The number of nitrogens with zero attached hydrogens (tertiary/aromatic N) is 2. The van der Waals surface area contributed by atoms with Gasteiger partial charge in [0.15, 0.2) is 0 Å². The van der Waals surface area contributed by atoms with Crippen LogP contribution in [-0.2, 0) is 13.0 Å². The van der Waals surface area contributed by atoms with Gasteiger partial charge < -0.3 is 4.57 Å². The number of allylic oxidation sites excluding steroid dienone is 2. The molecule has 1 aromatic heterocycles. The van der Waals surface area contributed by atoms with Gasteiger partial charge in [-0.25, -0.2) is 4.98 Å². The Hall–Kier alpha value is -0.0900. The fraction of sp³-hybridized carbons (Fsp3) is 0.286. The van der Waals surface area contributed by atoms with Crippen LogP contribution in [0.4, 0.5) is 0 Å². The number of hydrogen-bond acceptors (Lipinski definition) is 1. The molecule has 1 aliphatic rings. The summed E-state index contributed by atoms with van der Waals surface area (Å²) < 4.78 is 4.08. The van der Waals surface area contributed by atoms with E-state index >= 15 is 0 Å². The molecule has 0 fully saturated rings. The molecular formula is C7H6Br2N2. The van der Waals surface area contributed by atoms with Crippen LogP contribution in [0.25, 0.3) is 0 Å². The van der Waals surface area contributed by atoms with Gasteiger partial charge in [-0.3, -0.25) is 0 Å². The summed E-state index contributed by atoms with van der Waals surface area (Å²) in [6.45, 7) is 0.925. The number of hydrogen-bond donors (Lipinski definition) is 0. The molecular weight excluding hydrogens is 272 g/mol. The Kier molecular flexibility index (Phi) is 1.89. The summed E-state index contributed by atoms with van der Waals surface area (Å²) in [6.07, 6.45) is 5.22. The minimum atomic E-state index is 0.899. The van der Waals surface area contributed by atoms with Crippen molar-refractivity contribution in [2.45, 2.75) is 13.0 Å². The summed E-state index contributed by atoms with van der Waals surface area (Å²) in [5, 5.41) is 0. The smallest absolute Gasteiger partial charge is 0.139 e. The van der Waals surface area contributed by atoms with E-state index in [1.54, 1.807) is 0 Å². The molecule has 4 heteroatoms. The molecule has 1 aliphatic heterocycles. The van der Waals surface area contributed by atoms with Crippen LogP contribution in [-0.4, -0.2) is 9.55 Å². The van der Waals surface area contributed by atoms with Crippen molar-refractivity contribution in [2.24, 2.45) is 0 Å². The van der Waals surface area contributed by atoms with Gasteiger partial charge in [0.05, 0.1) is 0 Å². The highest BCUT2D eigenvalue weighted by molar-refractivity contribution is 9.13. The van der Waals surface area contributed by atoms with Crippen molar-refractivity contribution in [3.63, 3.8) is 0 Å². The van der Waals surface area contributed by atoms with E-state index in [0.717, 1.165) is 28.0 Å². The second-order valence-corrected chi connectivity index (χ2v) is 3.90. The van der Waals surface area contributed by atoms with E-state index < -0.39 is 0 Å². The third kappa shape index (κ3) is 1.18. The van der Waals surface area contributed by atoms with E-state index in [-0.39, 0.29) is 0 Å². The maximum absolute atomic E-state index is 4.33. The van der Waals surface area contributed by atoms with Gasteiger partial charge in [0.25, 0.3) is 0 Å². The molecule has 0 unspecified atom stereocenters. The molecule has 58 valence electrons. The zero-order chi connectivity index (χ0) is 7.84. The standard InChI is InChI=1S/C7H6Br2N2/c8-6-7(9)11-4-2-1-3-5(11)10-6/h1-2H,3-4H2. The first-order valence-corrected chi connectivity index (χ1v) is 4.93. The molecule has 2 nitrogen and oxygen atoms in total. The van der Waals surface area contributed by atoms with Gasteiger partial charge in [-0.2, -0.15) is 0 Å². The number of aromatic nitrogens is 2. The van der Waals surface area contributed by atoms with Crippen molar-refractivity contribution in [3.8, 4) is 0 Å². The van der Waals surface area contributed by atoms with Gasteiger partial charge in [0.2, 0.25) is 0 Å². The van der Waals surface area contributed by atoms with Gasteiger partial charge >= 0.3 is 0 Å². The molecule has 0 bridgehead atoms. The molecule has 0 saturated carbocycles. The van der Waals surface area contributed by atoms with E-state index in [0.29, 0.717) is 0 Å². The Bertz CT molecular complexity index is 314. The first-order chi connectivity index (χ1) is 5.29. The number of fused-ring (bicyclic) bond motifs is 1. The predicted molar refractivity (Wildman–Crippen MR) is 50.5 cm³/mol. The molecule has 0 N–H and O–H groups in total. The highest BCUT2D eigenvalue weighted by Crippen LogP contribution is 2.25. The molecule has 0 spiro atoms. The maximum atomic E-state index is 4.33. The molecule has 11 heavy (non-hydrogen) atoms. The zero-order valence-corrected chi connectivity index (χ0v) is 8.89. The lowest BCUT2D eigenvalue weighted by Crippen LogP contribution is -2.05. The largest absolute Gasteiger partial charge is 0.318 e. The summed E-state index contributed by atoms with van der Waals surface area (Å²) in [5.74, 6) is 1.12. The summed E-state index contributed by atoms with van der Waals surface area (Å²) in [4.78, 5) is 4.33. The van der Waals surface area contributed by atoms with Crippen LogP contribution in [0.3, 0.4) is 0 Å². The van der Waals surface area contributed by atoms with E-state index in [4.69, 9.17) is 0 Å². The second-order valence-electron chi connectivity index (χ2n) is 2.40. The van der Waals surface area contributed by atoms with Crippen molar-refractivity contribution < 1.29 is 0 Å². The first-order valence-electron chi connectivity index (χ1n) is 3.34. The Labute approximate surface area is 81.6 Å². The molecule has 2 rings (SSSR count). The molecule has 0 aliphatic carbocycles. The summed E-state index contributed by atoms with van der Waals surface area (Å²) in [6, 6.07) is 0. The molecule has 1 aromatic rings. The van der Waals surface area contributed by atoms with E-state index in [2.05, 4.69) is 53.6 Å². The lowest BCUT2D eigenvalue weighted by Gasteiger charge is -2.08. The summed E-state index contributed by atoms with van der Waals surface area (Å²) >= 11 is 6.83. The Morgan fingerprint density at radius 1 is 1.36 bits per heavy atom. The molecule has 0 aromatic carbocycles. The molecule has 2 heterocycles. The van der Waals surface area contributed by atoms with Gasteiger partial charge in [-0.15, -0.1) is 0 Å². The van der Waals surface area contributed by atoms with Crippen molar-refractivity contribution >= 4 is 31.9 Å². The number of imidazole rings is 1. The van der Waals surface area contributed by atoms with Gasteiger partial charge in [-0.1, -0.05) is 12.2 Å².